The van der Waals surface area contributed by atoms with Crippen molar-refractivity contribution in [3.8, 4) is 0 Å². The van der Waals surface area contributed by atoms with Gasteiger partial charge in [0.2, 0.25) is 6.39 Å². The minimum absolute atomic E-state index is 0.741. The fraction of sp³-hybridized carbons (Fsp3) is 0.429. The molecule has 4 nitrogen and oxygen atoms in total. The molecular formula is C14H19N3O. The fourth-order valence-electron chi connectivity index (χ4n) is 1.90. The third-order valence-corrected chi connectivity index (χ3v) is 2.85. The zero-order valence-corrected chi connectivity index (χ0v) is 10.7. The van der Waals surface area contributed by atoms with Gasteiger partial charge in [0.15, 0.2) is 5.82 Å². The zero-order chi connectivity index (χ0) is 12.6. The molecule has 0 saturated heterocycles. The summed E-state index contributed by atoms with van der Waals surface area (Å²) in [5.41, 5.74) is 1.32. The second-order valence-electron chi connectivity index (χ2n) is 4.40. The standard InChI is InChI=1S/C14H19N3O/c1-2-3-9-17(11-14-15-12-18-16-14)10-13-7-5-4-6-8-13/h4-8,12H,2-3,9-11H2,1H3. The highest BCUT2D eigenvalue weighted by Crippen LogP contribution is 2.08. The molecule has 0 unspecified atom stereocenters. The SMILES string of the molecule is CCCCN(Cc1ccccc1)Cc1ncon1. The van der Waals surface area contributed by atoms with Crippen molar-refractivity contribution < 1.29 is 4.52 Å². The Hall–Kier alpha value is -1.68. The molecule has 0 aliphatic rings. The van der Waals surface area contributed by atoms with Crippen molar-refractivity contribution in [3.63, 3.8) is 0 Å². The van der Waals surface area contributed by atoms with Crippen molar-refractivity contribution in [3.05, 3.63) is 48.1 Å². The highest BCUT2D eigenvalue weighted by atomic mass is 16.5. The van der Waals surface area contributed by atoms with Gasteiger partial charge in [-0.3, -0.25) is 4.90 Å². The van der Waals surface area contributed by atoms with E-state index in [1.165, 1.54) is 24.8 Å². The highest BCUT2D eigenvalue weighted by molar-refractivity contribution is 5.14. The molecule has 1 heterocycles. The van der Waals surface area contributed by atoms with Crippen LogP contribution in [0.15, 0.2) is 41.2 Å². The molecule has 0 radical (unpaired) electrons. The summed E-state index contributed by atoms with van der Waals surface area (Å²) in [7, 11) is 0. The first-order valence-electron chi connectivity index (χ1n) is 6.40. The van der Waals surface area contributed by atoms with Gasteiger partial charge in [-0.2, -0.15) is 4.98 Å². The maximum Gasteiger partial charge on any atom is 0.213 e. The van der Waals surface area contributed by atoms with Crippen LogP contribution in [0.3, 0.4) is 0 Å². The molecule has 0 saturated carbocycles. The van der Waals surface area contributed by atoms with Crippen LogP contribution in [-0.4, -0.2) is 21.6 Å². The predicted octanol–water partition coefficient (Wildman–Crippen LogP) is 2.87. The van der Waals surface area contributed by atoms with Crippen molar-refractivity contribution in [2.45, 2.75) is 32.9 Å². The summed E-state index contributed by atoms with van der Waals surface area (Å²) < 4.78 is 4.78. The van der Waals surface area contributed by atoms with Gasteiger partial charge in [0.25, 0.3) is 0 Å². The molecule has 0 amide bonds. The normalized spacial score (nSPS) is 11.0. The van der Waals surface area contributed by atoms with E-state index in [1.807, 2.05) is 6.07 Å². The van der Waals surface area contributed by atoms with Crippen molar-refractivity contribution >= 4 is 0 Å². The lowest BCUT2D eigenvalue weighted by Crippen LogP contribution is -2.24. The van der Waals surface area contributed by atoms with Crippen LogP contribution in [0.5, 0.6) is 0 Å². The first-order chi connectivity index (χ1) is 8.88. The Kier molecular flexibility index (Phi) is 4.90. The van der Waals surface area contributed by atoms with E-state index >= 15 is 0 Å². The van der Waals surface area contributed by atoms with Gasteiger partial charge >= 0.3 is 0 Å². The van der Waals surface area contributed by atoms with E-state index in [9.17, 15) is 0 Å². The third-order valence-electron chi connectivity index (χ3n) is 2.85. The second kappa shape index (κ2) is 6.91. The molecule has 0 spiro atoms. The number of unbranched alkanes of at least 4 members (excludes halogenated alkanes) is 1. The van der Waals surface area contributed by atoms with E-state index in [0.29, 0.717) is 0 Å². The lowest BCUT2D eigenvalue weighted by molar-refractivity contribution is 0.242. The number of hydrogen-bond acceptors (Lipinski definition) is 4. The fourth-order valence-corrected chi connectivity index (χ4v) is 1.90. The van der Waals surface area contributed by atoms with Crippen molar-refractivity contribution in [1.29, 1.82) is 0 Å². The molecule has 0 aliphatic carbocycles. The monoisotopic (exact) mass is 245 g/mol. The Balaban J connectivity index is 1.96. The first kappa shape index (κ1) is 12.8. The average Bonchev–Trinajstić information content (AvgIpc) is 2.90. The van der Waals surface area contributed by atoms with Gasteiger partial charge in [-0.15, -0.1) is 0 Å². The number of hydrogen-bond donors (Lipinski definition) is 0. The predicted molar refractivity (Wildman–Crippen MR) is 69.8 cm³/mol. The Bertz CT molecular complexity index is 428. The van der Waals surface area contributed by atoms with Gasteiger partial charge in [0.05, 0.1) is 6.54 Å². The molecule has 18 heavy (non-hydrogen) atoms. The summed E-state index contributed by atoms with van der Waals surface area (Å²) in [5, 5.41) is 3.88. The summed E-state index contributed by atoms with van der Waals surface area (Å²) in [4.78, 5) is 6.44. The van der Waals surface area contributed by atoms with E-state index in [0.717, 1.165) is 25.5 Å². The largest absolute Gasteiger partial charge is 0.343 e. The van der Waals surface area contributed by atoms with Crippen LogP contribution in [0, 0.1) is 0 Å². The number of benzene rings is 1. The molecule has 0 aliphatic heterocycles. The van der Waals surface area contributed by atoms with Gasteiger partial charge in [-0.05, 0) is 18.5 Å². The minimum Gasteiger partial charge on any atom is -0.343 e. The Labute approximate surface area is 108 Å². The molecule has 2 rings (SSSR count). The molecular weight excluding hydrogens is 226 g/mol. The summed E-state index contributed by atoms with van der Waals surface area (Å²) in [6.45, 7) is 4.93. The topological polar surface area (TPSA) is 42.2 Å². The van der Waals surface area contributed by atoms with Gasteiger partial charge in [0.1, 0.15) is 0 Å². The number of aromatic nitrogens is 2. The van der Waals surface area contributed by atoms with E-state index in [2.05, 4.69) is 46.2 Å². The quantitative estimate of drug-likeness (QED) is 0.752. The average molecular weight is 245 g/mol. The molecule has 2 aromatic rings. The van der Waals surface area contributed by atoms with Crippen molar-refractivity contribution in [1.82, 2.24) is 15.0 Å². The lowest BCUT2D eigenvalue weighted by atomic mass is 10.2. The Morgan fingerprint density at radius 2 is 2.00 bits per heavy atom. The zero-order valence-electron chi connectivity index (χ0n) is 10.7. The van der Waals surface area contributed by atoms with Crippen LogP contribution in [0.1, 0.15) is 31.2 Å². The summed E-state index contributed by atoms with van der Waals surface area (Å²) >= 11 is 0. The van der Waals surface area contributed by atoms with Crippen molar-refractivity contribution in [2.75, 3.05) is 6.54 Å². The third kappa shape index (κ3) is 3.96. The molecule has 4 heteroatoms. The van der Waals surface area contributed by atoms with Crippen LogP contribution in [0.2, 0.25) is 0 Å². The molecule has 96 valence electrons. The van der Waals surface area contributed by atoms with E-state index in [-0.39, 0.29) is 0 Å². The van der Waals surface area contributed by atoms with E-state index < -0.39 is 0 Å². The molecule has 0 atom stereocenters. The molecule has 0 fully saturated rings. The second-order valence-corrected chi connectivity index (χ2v) is 4.40. The van der Waals surface area contributed by atoms with Gasteiger partial charge < -0.3 is 4.52 Å². The summed E-state index contributed by atoms with van der Waals surface area (Å²) in [5.74, 6) is 0.752. The first-order valence-corrected chi connectivity index (χ1v) is 6.40. The Morgan fingerprint density at radius 1 is 1.17 bits per heavy atom. The summed E-state index contributed by atoms with van der Waals surface area (Å²) in [6.07, 6.45) is 3.76. The van der Waals surface area contributed by atoms with Crippen LogP contribution < -0.4 is 0 Å². The van der Waals surface area contributed by atoms with Crippen LogP contribution >= 0.6 is 0 Å². The lowest BCUT2D eigenvalue weighted by Gasteiger charge is -2.20. The van der Waals surface area contributed by atoms with Gasteiger partial charge in [0, 0.05) is 6.54 Å². The molecule has 1 aromatic carbocycles. The van der Waals surface area contributed by atoms with Gasteiger partial charge in [-0.25, -0.2) is 0 Å². The van der Waals surface area contributed by atoms with E-state index in [4.69, 9.17) is 4.52 Å². The molecule has 0 bridgehead atoms. The van der Waals surface area contributed by atoms with Crippen LogP contribution in [0.4, 0.5) is 0 Å². The Morgan fingerprint density at radius 3 is 2.67 bits per heavy atom. The van der Waals surface area contributed by atoms with Crippen LogP contribution in [-0.2, 0) is 13.1 Å². The number of rotatable bonds is 7. The highest BCUT2D eigenvalue weighted by Gasteiger charge is 2.09. The van der Waals surface area contributed by atoms with Gasteiger partial charge in [-0.1, -0.05) is 48.8 Å². The smallest absolute Gasteiger partial charge is 0.213 e. The summed E-state index contributed by atoms with van der Waals surface area (Å²) in [6, 6.07) is 10.5. The maximum atomic E-state index is 4.78. The number of nitrogens with zero attached hydrogens (tertiary/aromatic N) is 3. The van der Waals surface area contributed by atoms with E-state index in [1.54, 1.807) is 0 Å². The maximum absolute atomic E-state index is 4.78. The molecule has 1 aromatic heterocycles. The molecule has 0 N–H and O–H groups in total. The van der Waals surface area contributed by atoms with Crippen molar-refractivity contribution in [2.24, 2.45) is 0 Å². The van der Waals surface area contributed by atoms with Crippen LogP contribution in [0.25, 0.3) is 0 Å². The minimum atomic E-state index is 0.741.